The number of nitrogens with two attached hydrogens (primary N) is 1. The predicted molar refractivity (Wildman–Crippen MR) is 68.5 cm³/mol. The van der Waals surface area contributed by atoms with Crippen LogP contribution in [0.1, 0.15) is 23.2 Å². The van der Waals surface area contributed by atoms with Crippen molar-refractivity contribution < 1.29 is 14.6 Å². The number of hydrogen-bond acceptors (Lipinski definition) is 4. The SMILES string of the molecule is COc1ccc(N)cc1C(=O)NCC1(CO)CC1. The van der Waals surface area contributed by atoms with Crippen LogP contribution in [0, 0.1) is 5.41 Å². The molecular weight excluding hydrogens is 232 g/mol. The Kier molecular flexibility index (Phi) is 3.43. The number of nitrogen functional groups attached to an aromatic ring is 1. The summed E-state index contributed by atoms with van der Waals surface area (Å²) >= 11 is 0. The topological polar surface area (TPSA) is 84.6 Å². The number of methoxy groups -OCH3 is 1. The largest absolute Gasteiger partial charge is 0.496 e. The van der Waals surface area contributed by atoms with Crippen LogP contribution in [-0.2, 0) is 0 Å². The van der Waals surface area contributed by atoms with E-state index >= 15 is 0 Å². The minimum atomic E-state index is -0.223. The summed E-state index contributed by atoms with van der Waals surface area (Å²) in [6.45, 7) is 0.599. The summed E-state index contributed by atoms with van der Waals surface area (Å²) in [4.78, 5) is 12.0. The first-order valence-electron chi connectivity index (χ1n) is 5.93. The summed E-state index contributed by atoms with van der Waals surface area (Å²) in [5, 5.41) is 12.0. The quantitative estimate of drug-likeness (QED) is 0.674. The zero-order valence-electron chi connectivity index (χ0n) is 10.4. The van der Waals surface area contributed by atoms with Crippen molar-refractivity contribution in [3.05, 3.63) is 23.8 Å². The number of carbonyl (C=O) groups excluding carboxylic acids is 1. The Hall–Kier alpha value is -1.75. The second-order valence-electron chi connectivity index (χ2n) is 4.80. The first-order valence-corrected chi connectivity index (χ1v) is 5.93. The first kappa shape index (κ1) is 12.7. The standard InChI is InChI=1S/C13H18N2O3/c1-18-11-3-2-9(14)6-10(11)12(17)15-7-13(8-16)4-5-13/h2-3,6,16H,4-5,7-8,14H2,1H3,(H,15,17). The van der Waals surface area contributed by atoms with Crippen LogP contribution in [0.25, 0.3) is 0 Å². The molecule has 1 aliphatic carbocycles. The van der Waals surface area contributed by atoms with E-state index in [1.165, 1.54) is 7.11 Å². The monoisotopic (exact) mass is 250 g/mol. The summed E-state index contributed by atoms with van der Waals surface area (Å²) in [5.74, 6) is 0.273. The maximum Gasteiger partial charge on any atom is 0.255 e. The lowest BCUT2D eigenvalue weighted by Crippen LogP contribution is -2.32. The molecule has 1 aliphatic rings. The molecule has 0 spiro atoms. The van der Waals surface area contributed by atoms with Crippen molar-refractivity contribution in [1.82, 2.24) is 5.32 Å². The molecule has 5 heteroatoms. The van der Waals surface area contributed by atoms with Gasteiger partial charge in [-0.15, -0.1) is 0 Å². The van der Waals surface area contributed by atoms with Crippen molar-refractivity contribution in [2.45, 2.75) is 12.8 Å². The lowest BCUT2D eigenvalue weighted by Gasteiger charge is -2.14. The minimum absolute atomic E-state index is 0.108. The van der Waals surface area contributed by atoms with Gasteiger partial charge in [0.2, 0.25) is 0 Å². The van der Waals surface area contributed by atoms with Gasteiger partial charge in [0.25, 0.3) is 5.91 Å². The van der Waals surface area contributed by atoms with Crippen LogP contribution in [0.15, 0.2) is 18.2 Å². The summed E-state index contributed by atoms with van der Waals surface area (Å²) in [7, 11) is 1.51. The summed E-state index contributed by atoms with van der Waals surface area (Å²) in [6.07, 6.45) is 1.91. The number of ether oxygens (including phenoxy) is 1. The van der Waals surface area contributed by atoms with Crippen LogP contribution in [-0.4, -0.2) is 31.3 Å². The van der Waals surface area contributed by atoms with Crippen molar-refractivity contribution in [3.8, 4) is 5.75 Å². The summed E-state index contributed by atoms with van der Waals surface area (Å²) in [6, 6.07) is 4.95. The highest BCUT2D eigenvalue weighted by Crippen LogP contribution is 2.44. The number of anilines is 1. The van der Waals surface area contributed by atoms with E-state index in [0.717, 1.165) is 12.8 Å². The van der Waals surface area contributed by atoms with Gasteiger partial charge in [-0.05, 0) is 31.0 Å². The van der Waals surface area contributed by atoms with Crippen molar-refractivity contribution >= 4 is 11.6 Å². The number of aliphatic hydroxyl groups excluding tert-OH is 1. The van der Waals surface area contributed by atoms with Gasteiger partial charge in [0.1, 0.15) is 5.75 Å². The predicted octanol–water partition coefficient (Wildman–Crippen LogP) is 0.780. The van der Waals surface area contributed by atoms with E-state index in [0.29, 0.717) is 23.5 Å². The maximum absolute atomic E-state index is 12.0. The van der Waals surface area contributed by atoms with Gasteiger partial charge in [-0.2, -0.15) is 0 Å². The molecule has 2 rings (SSSR count). The Morgan fingerprint density at radius 1 is 1.56 bits per heavy atom. The lowest BCUT2D eigenvalue weighted by atomic mass is 10.1. The van der Waals surface area contributed by atoms with Crippen molar-refractivity contribution in [3.63, 3.8) is 0 Å². The van der Waals surface area contributed by atoms with Gasteiger partial charge >= 0.3 is 0 Å². The molecule has 0 saturated heterocycles. The summed E-state index contributed by atoms with van der Waals surface area (Å²) < 4.78 is 5.13. The second kappa shape index (κ2) is 4.86. The van der Waals surface area contributed by atoms with Gasteiger partial charge in [0.05, 0.1) is 19.3 Å². The third-order valence-corrected chi connectivity index (χ3v) is 3.38. The Labute approximate surface area is 106 Å². The van der Waals surface area contributed by atoms with Gasteiger partial charge in [-0.3, -0.25) is 4.79 Å². The first-order chi connectivity index (χ1) is 8.60. The van der Waals surface area contributed by atoms with E-state index in [1.807, 2.05) is 0 Å². The van der Waals surface area contributed by atoms with Crippen molar-refractivity contribution in [2.75, 3.05) is 26.0 Å². The average Bonchev–Trinajstić information content (AvgIpc) is 3.16. The van der Waals surface area contributed by atoms with Crippen LogP contribution >= 0.6 is 0 Å². The highest BCUT2D eigenvalue weighted by Gasteiger charge is 2.42. The zero-order chi connectivity index (χ0) is 13.2. The number of hydrogen-bond donors (Lipinski definition) is 3. The van der Waals surface area contributed by atoms with Crippen molar-refractivity contribution in [1.29, 1.82) is 0 Å². The number of carbonyl (C=O) groups is 1. The molecule has 18 heavy (non-hydrogen) atoms. The maximum atomic E-state index is 12.0. The minimum Gasteiger partial charge on any atom is -0.496 e. The molecular formula is C13H18N2O3. The van der Waals surface area contributed by atoms with E-state index in [4.69, 9.17) is 10.5 Å². The molecule has 0 aromatic heterocycles. The summed E-state index contributed by atoms with van der Waals surface area (Å²) in [5.41, 5.74) is 6.50. The molecule has 0 unspecified atom stereocenters. The molecule has 1 saturated carbocycles. The molecule has 0 heterocycles. The zero-order valence-corrected chi connectivity index (χ0v) is 10.4. The normalized spacial score (nSPS) is 16.1. The Bertz CT molecular complexity index is 456. The number of benzene rings is 1. The third kappa shape index (κ3) is 2.56. The van der Waals surface area contributed by atoms with E-state index in [1.54, 1.807) is 18.2 Å². The molecule has 4 N–H and O–H groups in total. The van der Waals surface area contributed by atoms with Crippen LogP contribution in [0.4, 0.5) is 5.69 Å². The van der Waals surface area contributed by atoms with Crippen LogP contribution < -0.4 is 15.8 Å². The van der Waals surface area contributed by atoms with Gasteiger partial charge < -0.3 is 20.9 Å². The molecule has 0 aliphatic heterocycles. The number of rotatable bonds is 5. The Morgan fingerprint density at radius 3 is 2.83 bits per heavy atom. The second-order valence-corrected chi connectivity index (χ2v) is 4.80. The fraction of sp³-hybridized carbons (Fsp3) is 0.462. The third-order valence-electron chi connectivity index (χ3n) is 3.38. The molecule has 0 atom stereocenters. The molecule has 1 amide bonds. The number of amides is 1. The highest BCUT2D eigenvalue weighted by atomic mass is 16.5. The van der Waals surface area contributed by atoms with E-state index < -0.39 is 0 Å². The lowest BCUT2D eigenvalue weighted by molar-refractivity contribution is 0.0932. The fourth-order valence-electron chi connectivity index (χ4n) is 1.83. The molecule has 5 nitrogen and oxygen atoms in total. The van der Waals surface area contributed by atoms with E-state index in [-0.39, 0.29) is 17.9 Å². The highest BCUT2D eigenvalue weighted by molar-refractivity contribution is 5.97. The Morgan fingerprint density at radius 2 is 2.28 bits per heavy atom. The van der Waals surface area contributed by atoms with Crippen LogP contribution in [0.3, 0.4) is 0 Å². The molecule has 1 aromatic carbocycles. The molecule has 1 aromatic rings. The smallest absolute Gasteiger partial charge is 0.255 e. The molecule has 0 bridgehead atoms. The average molecular weight is 250 g/mol. The molecule has 0 radical (unpaired) electrons. The van der Waals surface area contributed by atoms with Gasteiger partial charge in [0, 0.05) is 17.6 Å². The van der Waals surface area contributed by atoms with E-state index in [9.17, 15) is 9.90 Å². The molecule has 98 valence electrons. The van der Waals surface area contributed by atoms with E-state index in [2.05, 4.69) is 5.32 Å². The van der Waals surface area contributed by atoms with Gasteiger partial charge in [-0.1, -0.05) is 0 Å². The number of nitrogens with one attached hydrogen (secondary N) is 1. The van der Waals surface area contributed by atoms with Gasteiger partial charge in [0.15, 0.2) is 0 Å². The van der Waals surface area contributed by atoms with Gasteiger partial charge in [-0.25, -0.2) is 0 Å². The van der Waals surface area contributed by atoms with Crippen LogP contribution in [0.2, 0.25) is 0 Å². The Balaban J connectivity index is 2.06. The number of aliphatic hydroxyl groups is 1. The van der Waals surface area contributed by atoms with Crippen molar-refractivity contribution in [2.24, 2.45) is 5.41 Å². The van der Waals surface area contributed by atoms with Crippen LogP contribution in [0.5, 0.6) is 5.75 Å². The molecule has 1 fully saturated rings. The fourth-order valence-corrected chi connectivity index (χ4v) is 1.83.